The van der Waals surface area contributed by atoms with E-state index in [9.17, 15) is 0 Å². The van der Waals surface area contributed by atoms with Gasteiger partial charge >= 0.3 is 0 Å². The van der Waals surface area contributed by atoms with Gasteiger partial charge in [0.1, 0.15) is 0 Å². The highest BCUT2D eigenvalue weighted by molar-refractivity contribution is 7.17. The van der Waals surface area contributed by atoms with Crippen molar-refractivity contribution in [2.45, 2.75) is 73.4 Å². The number of thiophene rings is 1. The van der Waals surface area contributed by atoms with Gasteiger partial charge in [-0.25, -0.2) is 0 Å². The third kappa shape index (κ3) is 4.82. The summed E-state index contributed by atoms with van der Waals surface area (Å²) >= 11 is 1.89. The number of piperidine rings is 1. The van der Waals surface area contributed by atoms with Gasteiger partial charge in [-0.1, -0.05) is 51.8 Å². The molecule has 0 radical (unpaired) electrons. The molecule has 1 aromatic heterocycles. The number of nitrogens with zero attached hydrogens (tertiary/aromatic N) is 1. The van der Waals surface area contributed by atoms with Crippen molar-refractivity contribution < 1.29 is 0 Å². The van der Waals surface area contributed by atoms with E-state index in [-0.39, 0.29) is 0 Å². The Morgan fingerprint density at radius 1 is 1.14 bits per heavy atom. The minimum atomic E-state index is 0.749. The van der Waals surface area contributed by atoms with Crippen LogP contribution in [0.25, 0.3) is 10.1 Å². The van der Waals surface area contributed by atoms with E-state index in [2.05, 4.69) is 42.3 Å². The van der Waals surface area contributed by atoms with Crippen molar-refractivity contribution in [1.29, 1.82) is 0 Å². The molecule has 1 saturated heterocycles. The molecule has 2 heterocycles. The molecule has 0 spiro atoms. The van der Waals surface area contributed by atoms with E-state index >= 15 is 0 Å². The number of fused-ring (bicyclic) bond motifs is 1. The molecule has 1 aromatic carbocycles. The summed E-state index contributed by atoms with van der Waals surface area (Å²) in [5, 5.41) is 3.82. The predicted octanol–water partition coefficient (Wildman–Crippen LogP) is 6.64. The number of aryl methyl sites for hydroxylation is 1. The quantitative estimate of drug-likeness (QED) is 0.600. The van der Waals surface area contributed by atoms with Crippen LogP contribution in [0.15, 0.2) is 23.6 Å². The van der Waals surface area contributed by atoms with Crippen LogP contribution in [0.4, 0.5) is 0 Å². The average molecular weight is 320 g/mol. The van der Waals surface area contributed by atoms with Crippen molar-refractivity contribution in [1.82, 2.24) is 4.90 Å². The van der Waals surface area contributed by atoms with Crippen LogP contribution in [0, 0.1) is 6.92 Å². The number of hydrogen-bond donors (Lipinski definition) is 0. The van der Waals surface area contributed by atoms with E-state index in [1.165, 1.54) is 47.0 Å². The Balaban J connectivity index is 0.000000561. The van der Waals surface area contributed by atoms with Gasteiger partial charge in [0.05, 0.1) is 0 Å². The summed E-state index contributed by atoms with van der Waals surface area (Å²) in [7, 11) is 0. The minimum absolute atomic E-state index is 0.749. The second kappa shape index (κ2) is 10.0. The molecule has 1 atom stereocenters. The molecule has 1 aliphatic rings. The SMILES string of the molecule is CC.CC.Cc1ccc2scc(CN3CCCCC3C)c2c1. The maximum atomic E-state index is 2.65. The van der Waals surface area contributed by atoms with Crippen LogP contribution in [0.3, 0.4) is 0 Å². The Morgan fingerprint density at radius 2 is 1.86 bits per heavy atom. The zero-order valence-corrected chi connectivity index (χ0v) is 16.1. The normalized spacial score (nSPS) is 18.2. The first-order chi connectivity index (χ1) is 10.7. The van der Waals surface area contributed by atoms with E-state index in [0.717, 1.165) is 12.6 Å². The van der Waals surface area contributed by atoms with Crippen LogP contribution >= 0.6 is 11.3 Å². The van der Waals surface area contributed by atoms with Gasteiger partial charge in [0, 0.05) is 17.3 Å². The van der Waals surface area contributed by atoms with Gasteiger partial charge in [0.25, 0.3) is 0 Å². The lowest BCUT2D eigenvalue weighted by molar-refractivity contribution is 0.153. The van der Waals surface area contributed by atoms with Crippen LogP contribution in [-0.4, -0.2) is 17.5 Å². The van der Waals surface area contributed by atoms with Crippen molar-refractivity contribution in [3.8, 4) is 0 Å². The highest BCUT2D eigenvalue weighted by Gasteiger charge is 2.19. The fourth-order valence-corrected chi connectivity index (χ4v) is 3.86. The van der Waals surface area contributed by atoms with Gasteiger partial charge in [0.15, 0.2) is 0 Å². The van der Waals surface area contributed by atoms with Crippen molar-refractivity contribution >= 4 is 21.4 Å². The average Bonchev–Trinajstić information content (AvgIpc) is 2.96. The first-order valence-electron chi connectivity index (χ1n) is 8.95. The van der Waals surface area contributed by atoms with E-state index in [1.807, 2.05) is 39.0 Å². The highest BCUT2D eigenvalue weighted by Crippen LogP contribution is 2.29. The van der Waals surface area contributed by atoms with E-state index < -0.39 is 0 Å². The second-order valence-electron chi connectivity index (χ2n) is 5.58. The molecule has 1 unspecified atom stereocenters. The number of likely N-dealkylation sites (tertiary alicyclic amines) is 1. The molecule has 1 nitrogen and oxygen atoms in total. The molecule has 22 heavy (non-hydrogen) atoms. The third-order valence-electron chi connectivity index (χ3n) is 4.12. The Hall–Kier alpha value is -0.860. The van der Waals surface area contributed by atoms with Gasteiger partial charge in [-0.3, -0.25) is 4.90 Å². The van der Waals surface area contributed by atoms with Crippen LogP contribution in [-0.2, 0) is 6.54 Å². The molecule has 0 aliphatic carbocycles. The maximum Gasteiger partial charge on any atom is 0.0346 e. The van der Waals surface area contributed by atoms with Crippen molar-refractivity contribution in [2.75, 3.05) is 6.54 Å². The Bertz CT molecular complexity index is 544. The fraction of sp³-hybridized carbons (Fsp3) is 0.600. The zero-order chi connectivity index (χ0) is 16.5. The summed E-state index contributed by atoms with van der Waals surface area (Å²) in [6, 6.07) is 7.57. The highest BCUT2D eigenvalue weighted by atomic mass is 32.1. The van der Waals surface area contributed by atoms with Gasteiger partial charge in [-0.15, -0.1) is 11.3 Å². The van der Waals surface area contributed by atoms with Crippen LogP contribution < -0.4 is 0 Å². The topological polar surface area (TPSA) is 3.24 Å². The molecular weight excluding hydrogens is 286 g/mol. The van der Waals surface area contributed by atoms with Crippen LogP contribution in [0.1, 0.15) is 65.0 Å². The first kappa shape index (κ1) is 19.2. The van der Waals surface area contributed by atoms with Gasteiger partial charge in [-0.05, 0) is 55.6 Å². The molecule has 2 heteroatoms. The summed E-state index contributed by atoms with van der Waals surface area (Å²) < 4.78 is 1.43. The summed E-state index contributed by atoms with van der Waals surface area (Å²) in [4.78, 5) is 2.65. The Kier molecular flexibility index (Phi) is 8.74. The standard InChI is InChI=1S/C16H21NS.2C2H6/c1-12-6-7-16-15(9-12)14(11-18-16)10-17-8-4-3-5-13(17)2;2*1-2/h6-7,9,11,13H,3-5,8,10H2,1-2H3;2*1-2H3. The largest absolute Gasteiger partial charge is 0.296 e. The van der Waals surface area contributed by atoms with Crippen molar-refractivity contribution in [2.24, 2.45) is 0 Å². The fourth-order valence-electron chi connectivity index (χ4n) is 2.93. The molecule has 124 valence electrons. The Morgan fingerprint density at radius 3 is 2.55 bits per heavy atom. The van der Waals surface area contributed by atoms with Gasteiger partial charge < -0.3 is 0 Å². The minimum Gasteiger partial charge on any atom is -0.296 e. The summed E-state index contributed by atoms with van der Waals surface area (Å²) in [6.45, 7) is 15.0. The predicted molar refractivity (Wildman–Crippen MR) is 103 cm³/mol. The molecule has 0 saturated carbocycles. The van der Waals surface area contributed by atoms with E-state index in [0.29, 0.717) is 0 Å². The summed E-state index contributed by atoms with van der Waals surface area (Å²) in [6.07, 6.45) is 4.13. The first-order valence-corrected chi connectivity index (χ1v) is 9.83. The summed E-state index contributed by atoms with van der Waals surface area (Å²) in [5.74, 6) is 0. The van der Waals surface area contributed by atoms with Crippen LogP contribution in [0.5, 0.6) is 0 Å². The third-order valence-corrected chi connectivity index (χ3v) is 5.14. The van der Waals surface area contributed by atoms with Crippen molar-refractivity contribution in [3.63, 3.8) is 0 Å². The monoisotopic (exact) mass is 319 g/mol. The zero-order valence-electron chi connectivity index (χ0n) is 15.3. The lowest BCUT2D eigenvalue weighted by atomic mass is 10.0. The smallest absolute Gasteiger partial charge is 0.0346 e. The lowest BCUT2D eigenvalue weighted by Gasteiger charge is -2.33. The molecule has 0 N–H and O–H groups in total. The van der Waals surface area contributed by atoms with E-state index in [4.69, 9.17) is 0 Å². The summed E-state index contributed by atoms with van der Waals surface area (Å²) in [5.41, 5.74) is 2.89. The van der Waals surface area contributed by atoms with Gasteiger partial charge in [0.2, 0.25) is 0 Å². The molecule has 1 aliphatic heterocycles. The Labute approximate surface area is 141 Å². The second-order valence-corrected chi connectivity index (χ2v) is 6.49. The molecule has 3 rings (SSSR count). The number of benzene rings is 1. The van der Waals surface area contributed by atoms with Crippen LogP contribution in [0.2, 0.25) is 0 Å². The van der Waals surface area contributed by atoms with Crippen molar-refractivity contribution in [3.05, 3.63) is 34.7 Å². The molecule has 1 fully saturated rings. The maximum absolute atomic E-state index is 2.65. The van der Waals surface area contributed by atoms with E-state index in [1.54, 1.807) is 0 Å². The molecular formula is C20H33NS. The lowest BCUT2D eigenvalue weighted by Crippen LogP contribution is -2.36. The van der Waals surface area contributed by atoms with Gasteiger partial charge in [-0.2, -0.15) is 0 Å². The number of hydrogen-bond acceptors (Lipinski definition) is 2. The molecule has 0 amide bonds. The molecule has 0 bridgehead atoms. The molecule has 2 aromatic rings. The number of rotatable bonds is 2.